The molecule has 27 heavy (non-hydrogen) atoms. The van der Waals surface area contributed by atoms with Gasteiger partial charge in [-0.3, -0.25) is 9.89 Å². The largest absolute Gasteiger partial charge is 0.508 e. The van der Waals surface area contributed by atoms with Crippen LogP contribution < -0.4 is 0 Å². The third-order valence-electron chi connectivity index (χ3n) is 4.77. The molecule has 0 saturated carbocycles. The highest BCUT2D eigenvalue weighted by molar-refractivity contribution is 6.00. The van der Waals surface area contributed by atoms with Crippen LogP contribution in [0.2, 0.25) is 0 Å². The van der Waals surface area contributed by atoms with Crippen LogP contribution in [0.1, 0.15) is 34.1 Å². The van der Waals surface area contributed by atoms with Gasteiger partial charge in [0.15, 0.2) is 0 Å². The Morgan fingerprint density at radius 2 is 1.93 bits per heavy atom. The van der Waals surface area contributed by atoms with Crippen LogP contribution in [0.5, 0.6) is 11.5 Å². The number of carbonyl (C=O) groups excluding carboxylic acids is 1. The average Bonchev–Trinajstić information content (AvgIpc) is 3.20. The average molecular weight is 365 g/mol. The number of amides is 1. The molecule has 1 atom stereocenters. The molecule has 0 bridgehead atoms. The zero-order valence-electron chi connectivity index (χ0n) is 14.5. The molecule has 1 amide bonds. The summed E-state index contributed by atoms with van der Waals surface area (Å²) in [5.41, 5.74) is 2.77. The van der Waals surface area contributed by atoms with Crippen LogP contribution in [0.25, 0.3) is 11.3 Å². The fraction of sp³-hybridized carbons (Fsp3) is 0.200. The summed E-state index contributed by atoms with van der Waals surface area (Å²) in [7, 11) is 0. The normalized spacial score (nSPS) is 16.0. The molecular formula is C20H19N3O4. The van der Waals surface area contributed by atoms with E-state index in [4.69, 9.17) is 0 Å². The van der Waals surface area contributed by atoms with Crippen molar-refractivity contribution >= 4 is 5.91 Å². The number of aromatic nitrogens is 2. The molecule has 2 aromatic carbocycles. The number of hydrogen-bond acceptors (Lipinski definition) is 5. The molecule has 4 rings (SSSR count). The second-order valence-corrected chi connectivity index (χ2v) is 6.45. The molecule has 0 fully saturated rings. The van der Waals surface area contributed by atoms with Crippen molar-refractivity contribution in [2.75, 3.05) is 13.2 Å². The number of aromatic hydroxyl groups is 2. The molecule has 0 spiro atoms. The SMILES string of the molecule is O=C1c2[nH]nc(-c3ccccc3O)c2C(c2cccc(O)c2)N1CCCO. The molecule has 7 heteroatoms. The van der Waals surface area contributed by atoms with E-state index in [1.807, 2.05) is 6.07 Å². The highest BCUT2D eigenvalue weighted by Gasteiger charge is 2.42. The maximum absolute atomic E-state index is 12.9. The lowest BCUT2D eigenvalue weighted by molar-refractivity contribution is 0.0732. The van der Waals surface area contributed by atoms with Crippen LogP contribution in [-0.4, -0.2) is 49.5 Å². The first-order valence-corrected chi connectivity index (χ1v) is 8.69. The van der Waals surface area contributed by atoms with Gasteiger partial charge in [0.1, 0.15) is 22.9 Å². The van der Waals surface area contributed by atoms with Gasteiger partial charge >= 0.3 is 0 Å². The van der Waals surface area contributed by atoms with Crippen molar-refractivity contribution in [1.29, 1.82) is 0 Å². The molecule has 2 heterocycles. The number of benzene rings is 2. The van der Waals surface area contributed by atoms with Crippen LogP contribution >= 0.6 is 0 Å². The summed E-state index contributed by atoms with van der Waals surface area (Å²) in [5, 5.41) is 36.5. The van der Waals surface area contributed by atoms with E-state index in [0.717, 1.165) is 5.56 Å². The highest BCUT2D eigenvalue weighted by Crippen LogP contribution is 2.44. The van der Waals surface area contributed by atoms with Crippen LogP contribution in [0, 0.1) is 0 Å². The smallest absolute Gasteiger partial charge is 0.273 e. The van der Waals surface area contributed by atoms with Gasteiger partial charge in [0.2, 0.25) is 0 Å². The maximum atomic E-state index is 12.9. The van der Waals surface area contributed by atoms with Gasteiger partial charge in [-0.05, 0) is 36.2 Å². The number of hydrogen-bond donors (Lipinski definition) is 4. The van der Waals surface area contributed by atoms with E-state index in [1.165, 1.54) is 0 Å². The number of aliphatic hydroxyl groups excluding tert-OH is 1. The number of phenols is 2. The fourth-order valence-electron chi connectivity index (χ4n) is 3.59. The number of H-pyrrole nitrogens is 1. The fourth-order valence-corrected chi connectivity index (χ4v) is 3.59. The summed E-state index contributed by atoms with van der Waals surface area (Å²) in [6.07, 6.45) is 0.435. The van der Waals surface area contributed by atoms with Gasteiger partial charge in [0.25, 0.3) is 5.91 Å². The van der Waals surface area contributed by atoms with E-state index in [1.54, 1.807) is 47.4 Å². The first-order chi connectivity index (χ1) is 13.1. The van der Waals surface area contributed by atoms with Crippen molar-refractivity contribution in [1.82, 2.24) is 15.1 Å². The maximum Gasteiger partial charge on any atom is 0.273 e. The molecule has 1 aromatic heterocycles. The molecule has 1 unspecified atom stereocenters. The van der Waals surface area contributed by atoms with E-state index in [2.05, 4.69) is 10.2 Å². The zero-order valence-corrected chi connectivity index (χ0v) is 14.5. The van der Waals surface area contributed by atoms with Gasteiger partial charge in [-0.2, -0.15) is 5.10 Å². The molecule has 0 aliphatic carbocycles. The monoisotopic (exact) mass is 365 g/mol. The number of phenolic OH excluding ortho intramolecular Hbond substituents is 2. The zero-order chi connectivity index (χ0) is 19.0. The molecule has 1 aliphatic rings. The summed E-state index contributed by atoms with van der Waals surface area (Å²) >= 11 is 0. The third kappa shape index (κ3) is 2.82. The minimum atomic E-state index is -0.473. The lowest BCUT2D eigenvalue weighted by Gasteiger charge is -2.26. The molecule has 7 nitrogen and oxygen atoms in total. The van der Waals surface area contributed by atoms with Gasteiger partial charge in [0.05, 0.1) is 6.04 Å². The summed E-state index contributed by atoms with van der Waals surface area (Å²) in [6.45, 7) is 0.327. The Balaban J connectivity index is 1.89. The van der Waals surface area contributed by atoms with Gasteiger partial charge < -0.3 is 20.2 Å². The molecule has 1 aliphatic heterocycles. The number of carbonyl (C=O) groups is 1. The number of fused-ring (bicyclic) bond motifs is 1. The number of nitrogens with one attached hydrogen (secondary N) is 1. The van der Waals surface area contributed by atoms with Gasteiger partial charge in [-0.15, -0.1) is 0 Å². The van der Waals surface area contributed by atoms with E-state index >= 15 is 0 Å². The number of nitrogens with zero attached hydrogens (tertiary/aromatic N) is 2. The second-order valence-electron chi connectivity index (χ2n) is 6.45. The second kappa shape index (κ2) is 6.77. The Hall–Kier alpha value is -3.32. The van der Waals surface area contributed by atoms with E-state index in [0.29, 0.717) is 35.5 Å². The molecule has 138 valence electrons. The summed E-state index contributed by atoms with van der Waals surface area (Å²) < 4.78 is 0. The van der Waals surface area contributed by atoms with Gasteiger partial charge in [-0.25, -0.2) is 0 Å². The van der Waals surface area contributed by atoms with Gasteiger partial charge in [-0.1, -0.05) is 24.3 Å². The molecule has 4 N–H and O–H groups in total. The van der Waals surface area contributed by atoms with Crippen molar-refractivity contribution in [2.45, 2.75) is 12.5 Å². The van der Waals surface area contributed by atoms with Crippen molar-refractivity contribution in [3.05, 3.63) is 65.4 Å². The first-order valence-electron chi connectivity index (χ1n) is 8.69. The Labute approximate surface area is 155 Å². The third-order valence-corrected chi connectivity index (χ3v) is 4.77. The number of aliphatic hydroxyl groups is 1. The van der Waals surface area contributed by atoms with Crippen LogP contribution in [-0.2, 0) is 0 Å². The first kappa shape index (κ1) is 17.1. The van der Waals surface area contributed by atoms with E-state index in [9.17, 15) is 20.1 Å². The Bertz CT molecular complexity index is 998. The van der Waals surface area contributed by atoms with Crippen LogP contribution in [0.3, 0.4) is 0 Å². The lowest BCUT2D eigenvalue weighted by Crippen LogP contribution is -2.31. The molecule has 3 aromatic rings. The standard InChI is InChI=1S/C20H19N3O4/c24-10-4-9-23-19(12-5-3-6-13(25)11-12)16-17(21-22-18(16)20(23)27)14-7-1-2-8-15(14)26/h1-3,5-8,11,19,24-26H,4,9-10H2,(H,21,22). The van der Waals surface area contributed by atoms with Gasteiger partial charge in [0, 0.05) is 24.3 Å². The Morgan fingerprint density at radius 3 is 2.67 bits per heavy atom. The predicted molar refractivity (Wildman–Crippen MR) is 98.4 cm³/mol. The number of rotatable bonds is 5. The summed E-state index contributed by atoms with van der Waals surface area (Å²) in [6, 6.07) is 13.1. The highest BCUT2D eigenvalue weighted by atomic mass is 16.3. The molecular weight excluding hydrogens is 346 g/mol. The minimum Gasteiger partial charge on any atom is -0.508 e. The van der Waals surface area contributed by atoms with Crippen LogP contribution in [0.4, 0.5) is 0 Å². The quantitative estimate of drug-likeness (QED) is 0.555. The Morgan fingerprint density at radius 1 is 1.11 bits per heavy atom. The lowest BCUT2D eigenvalue weighted by atomic mass is 9.95. The number of aromatic amines is 1. The predicted octanol–water partition coefficient (Wildman–Crippen LogP) is 2.42. The molecule has 0 saturated heterocycles. The van der Waals surface area contributed by atoms with Crippen molar-refractivity contribution in [3.63, 3.8) is 0 Å². The van der Waals surface area contributed by atoms with Crippen LogP contribution in [0.15, 0.2) is 48.5 Å². The topological polar surface area (TPSA) is 110 Å². The van der Waals surface area contributed by atoms with E-state index < -0.39 is 6.04 Å². The van der Waals surface area contributed by atoms with Crippen molar-refractivity contribution in [3.8, 4) is 22.8 Å². The van der Waals surface area contributed by atoms with E-state index in [-0.39, 0.29) is 24.0 Å². The summed E-state index contributed by atoms with van der Waals surface area (Å²) in [5.74, 6) is -0.0493. The Kier molecular flexibility index (Phi) is 4.29. The molecule has 0 radical (unpaired) electrons. The number of para-hydroxylation sites is 1. The minimum absolute atomic E-state index is 0.0327. The summed E-state index contributed by atoms with van der Waals surface area (Å²) in [4.78, 5) is 14.6. The van der Waals surface area contributed by atoms with Crippen molar-refractivity contribution in [2.24, 2.45) is 0 Å². The van der Waals surface area contributed by atoms with Crippen molar-refractivity contribution < 1.29 is 20.1 Å².